The van der Waals surface area contributed by atoms with Crippen LogP contribution in [0.2, 0.25) is 0 Å². The molecule has 2 N–H and O–H groups in total. The van der Waals surface area contributed by atoms with Gasteiger partial charge in [-0.3, -0.25) is 4.79 Å². The number of hydrogen-bond acceptors (Lipinski definition) is 5. The molecule has 1 unspecified atom stereocenters. The first-order chi connectivity index (χ1) is 12.9. The number of nitrogens with one attached hydrogen (secondary N) is 1. The molecule has 2 rings (SSSR count). The summed E-state index contributed by atoms with van der Waals surface area (Å²) in [6, 6.07) is 6.61. The zero-order chi connectivity index (χ0) is 20.0. The van der Waals surface area contributed by atoms with Crippen molar-refractivity contribution in [3.8, 4) is 17.0 Å². The smallest absolute Gasteiger partial charge is 0.153 e. The zero-order valence-electron chi connectivity index (χ0n) is 16.3. The predicted octanol–water partition coefficient (Wildman–Crippen LogP) is 3.51. The Morgan fingerprint density at radius 2 is 2.07 bits per heavy atom. The first-order valence-corrected chi connectivity index (χ1v) is 9.13. The van der Waals surface area contributed by atoms with Crippen LogP contribution in [-0.2, 0) is 6.54 Å². The van der Waals surface area contributed by atoms with Crippen molar-refractivity contribution in [3.05, 3.63) is 46.9 Å². The highest BCUT2D eigenvalue weighted by atomic mass is 19.1. The van der Waals surface area contributed by atoms with Crippen molar-refractivity contribution in [2.45, 2.75) is 40.3 Å². The number of carbonyl (C=O) groups excluding carboxylic acids is 1. The molecule has 0 saturated carbocycles. The van der Waals surface area contributed by atoms with Crippen LogP contribution in [0.15, 0.2) is 24.3 Å². The summed E-state index contributed by atoms with van der Waals surface area (Å²) in [5.41, 5.74) is 2.83. The third-order valence-electron chi connectivity index (χ3n) is 4.61. The molecule has 6 heteroatoms. The van der Waals surface area contributed by atoms with Gasteiger partial charge in [0.25, 0.3) is 0 Å². The van der Waals surface area contributed by atoms with Gasteiger partial charge in [0, 0.05) is 24.8 Å². The van der Waals surface area contributed by atoms with E-state index in [2.05, 4.69) is 10.3 Å². The van der Waals surface area contributed by atoms with Gasteiger partial charge in [0.15, 0.2) is 6.29 Å². The van der Waals surface area contributed by atoms with E-state index in [9.17, 15) is 14.3 Å². The Morgan fingerprint density at radius 1 is 1.33 bits per heavy atom. The molecule has 0 aliphatic heterocycles. The molecule has 2 aromatic rings. The predicted molar refractivity (Wildman–Crippen MR) is 103 cm³/mol. The maximum Gasteiger partial charge on any atom is 0.153 e. The van der Waals surface area contributed by atoms with Crippen molar-refractivity contribution < 1.29 is 19.0 Å². The standard InChI is InChI=1S/C21H27FN2O3/c1-5-27-21-16(12-26)8-13(2)9-17(21)19-7-6-18(22)20(24-19)10-23-15(4)14(3)11-25/h6-9,12,14-15,23,25H,5,10-11H2,1-4H3/t14?,15-/m1/s1. The summed E-state index contributed by atoms with van der Waals surface area (Å²) in [7, 11) is 0. The minimum absolute atomic E-state index is 0.0134. The van der Waals surface area contributed by atoms with E-state index in [4.69, 9.17) is 4.74 Å². The zero-order valence-corrected chi connectivity index (χ0v) is 16.3. The summed E-state index contributed by atoms with van der Waals surface area (Å²) < 4.78 is 19.9. The third-order valence-corrected chi connectivity index (χ3v) is 4.61. The van der Waals surface area contributed by atoms with Gasteiger partial charge in [-0.2, -0.15) is 0 Å². The average molecular weight is 374 g/mol. The summed E-state index contributed by atoms with van der Waals surface area (Å²) in [6.45, 7) is 8.28. The molecular formula is C21H27FN2O3. The highest BCUT2D eigenvalue weighted by Gasteiger charge is 2.17. The molecule has 0 bridgehead atoms. The minimum atomic E-state index is -0.406. The van der Waals surface area contributed by atoms with E-state index in [1.807, 2.05) is 33.8 Å². The monoisotopic (exact) mass is 374 g/mol. The van der Waals surface area contributed by atoms with Crippen molar-refractivity contribution in [2.24, 2.45) is 5.92 Å². The molecule has 0 amide bonds. The second-order valence-electron chi connectivity index (χ2n) is 6.74. The Labute approximate surface area is 159 Å². The number of benzene rings is 1. The average Bonchev–Trinajstić information content (AvgIpc) is 2.67. The van der Waals surface area contributed by atoms with E-state index >= 15 is 0 Å². The summed E-state index contributed by atoms with van der Waals surface area (Å²) in [6.07, 6.45) is 0.755. The van der Waals surface area contributed by atoms with Crippen LogP contribution in [0.5, 0.6) is 5.75 Å². The highest BCUT2D eigenvalue weighted by molar-refractivity contribution is 5.86. The van der Waals surface area contributed by atoms with Crippen LogP contribution in [0, 0.1) is 18.7 Å². The largest absolute Gasteiger partial charge is 0.492 e. The first kappa shape index (κ1) is 21.0. The van der Waals surface area contributed by atoms with E-state index in [1.165, 1.54) is 6.07 Å². The van der Waals surface area contributed by atoms with Gasteiger partial charge in [-0.05, 0) is 56.5 Å². The van der Waals surface area contributed by atoms with Crippen molar-refractivity contribution >= 4 is 6.29 Å². The number of rotatable bonds is 9. The van der Waals surface area contributed by atoms with Crippen LogP contribution < -0.4 is 10.1 Å². The van der Waals surface area contributed by atoms with E-state index in [0.717, 1.165) is 11.8 Å². The van der Waals surface area contributed by atoms with Gasteiger partial charge in [-0.25, -0.2) is 9.37 Å². The molecule has 1 aromatic carbocycles. The molecule has 0 aliphatic carbocycles. The summed E-state index contributed by atoms with van der Waals surface area (Å²) in [4.78, 5) is 15.9. The highest BCUT2D eigenvalue weighted by Crippen LogP contribution is 2.33. The fourth-order valence-electron chi connectivity index (χ4n) is 2.76. The fraction of sp³-hybridized carbons (Fsp3) is 0.429. The molecule has 2 atom stereocenters. The molecular weight excluding hydrogens is 347 g/mol. The number of aliphatic hydroxyl groups is 1. The molecule has 0 fully saturated rings. The number of halogens is 1. The second-order valence-corrected chi connectivity index (χ2v) is 6.74. The summed E-state index contributed by atoms with van der Waals surface area (Å²) >= 11 is 0. The number of ether oxygens (including phenoxy) is 1. The molecule has 0 saturated heterocycles. The quantitative estimate of drug-likeness (QED) is 0.657. The normalized spacial score (nSPS) is 13.3. The molecule has 27 heavy (non-hydrogen) atoms. The molecule has 146 valence electrons. The maximum absolute atomic E-state index is 14.3. The SMILES string of the molecule is CCOc1c(C=O)cc(C)cc1-c1ccc(F)c(CN[C@H](C)C(C)CO)n1. The molecule has 0 aliphatic rings. The van der Waals surface area contributed by atoms with Crippen molar-refractivity contribution in [1.82, 2.24) is 10.3 Å². The Balaban J connectivity index is 2.40. The van der Waals surface area contributed by atoms with Crippen LogP contribution in [0.1, 0.15) is 42.4 Å². The van der Waals surface area contributed by atoms with E-state index in [0.29, 0.717) is 29.2 Å². The number of hydrogen-bond donors (Lipinski definition) is 2. The van der Waals surface area contributed by atoms with Gasteiger partial charge in [0.2, 0.25) is 0 Å². The molecule has 1 aromatic heterocycles. The summed E-state index contributed by atoms with van der Waals surface area (Å²) in [5.74, 6) is 0.0995. The Bertz CT molecular complexity index is 795. The van der Waals surface area contributed by atoms with Gasteiger partial charge in [0.1, 0.15) is 11.6 Å². The fourth-order valence-corrected chi connectivity index (χ4v) is 2.76. The third kappa shape index (κ3) is 5.11. The number of aryl methyl sites for hydroxylation is 1. The van der Waals surface area contributed by atoms with Gasteiger partial charge in [-0.15, -0.1) is 0 Å². The lowest BCUT2D eigenvalue weighted by Gasteiger charge is -2.19. The van der Waals surface area contributed by atoms with Crippen LogP contribution in [0.4, 0.5) is 4.39 Å². The van der Waals surface area contributed by atoms with Crippen LogP contribution in [-0.4, -0.2) is 35.6 Å². The number of aromatic nitrogens is 1. The van der Waals surface area contributed by atoms with Crippen molar-refractivity contribution in [1.29, 1.82) is 0 Å². The second kappa shape index (κ2) is 9.58. The number of aldehydes is 1. The van der Waals surface area contributed by atoms with E-state index in [-0.39, 0.29) is 30.8 Å². The maximum atomic E-state index is 14.3. The van der Waals surface area contributed by atoms with Crippen molar-refractivity contribution in [2.75, 3.05) is 13.2 Å². The van der Waals surface area contributed by atoms with Crippen LogP contribution in [0.25, 0.3) is 11.3 Å². The first-order valence-electron chi connectivity index (χ1n) is 9.13. The van der Waals surface area contributed by atoms with Gasteiger partial charge >= 0.3 is 0 Å². The summed E-state index contributed by atoms with van der Waals surface area (Å²) in [5, 5.41) is 12.4. The van der Waals surface area contributed by atoms with E-state index < -0.39 is 5.82 Å². The lowest BCUT2D eigenvalue weighted by molar-refractivity contribution is 0.112. The lowest BCUT2D eigenvalue weighted by Crippen LogP contribution is -2.33. The van der Waals surface area contributed by atoms with Crippen LogP contribution in [0.3, 0.4) is 0 Å². The van der Waals surface area contributed by atoms with Gasteiger partial charge in [-0.1, -0.05) is 6.92 Å². The van der Waals surface area contributed by atoms with Crippen LogP contribution >= 0.6 is 0 Å². The number of carbonyl (C=O) groups is 1. The lowest BCUT2D eigenvalue weighted by atomic mass is 10.0. The minimum Gasteiger partial charge on any atom is -0.492 e. The number of aliphatic hydroxyl groups excluding tert-OH is 1. The van der Waals surface area contributed by atoms with Gasteiger partial charge in [0.05, 0.1) is 23.6 Å². The molecule has 0 spiro atoms. The Kier molecular flexibility index (Phi) is 7.45. The Morgan fingerprint density at radius 3 is 2.70 bits per heavy atom. The number of pyridine rings is 1. The number of nitrogens with zero attached hydrogens (tertiary/aromatic N) is 1. The Hall–Kier alpha value is -2.31. The topological polar surface area (TPSA) is 71.5 Å². The molecule has 0 radical (unpaired) electrons. The van der Waals surface area contributed by atoms with Gasteiger partial charge < -0.3 is 15.2 Å². The molecule has 5 nitrogen and oxygen atoms in total. The van der Waals surface area contributed by atoms with E-state index in [1.54, 1.807) is 12.1 Å². The molecule has 1 heterocycles. The van der Waals surface area contributed by atoms with Crippen molar-refractivity contribution in [3.63, 3.8) is 0 Å².